The molecule has 2 rings (SSSR count). The highest BCUT2D eigenvalue weighted by Gasteiger charge is 2.55. The van der Waals surface area contributed by atoms with Gasteiger partial charge in [0.05, 0.1) is 11.7 Å². The standard InChI is InChI=1S/C22H32O3Si/c1-15(2)10-9-11-16(3)12-13-17-14-18(20-21(24-20)19(17)23)25-26(7,8)22(4,5)6/h10,14,18,20-21H,3,9,11H2,1-2,4-8H3/t18-,20+,21-/m0/s1. The van der Waals surface area contributed by atoms with Gasteiger partial charge in [-0.05, 0) is 56.5 Å². The second kappa shape index (κ2) is 7.68. The van der Waals surface area contributed by atoms with E-state index in [-0.39, 0.29) is 29.1 Å². The summed E-state index contributed by atoms with van der Waals surface area (Å²) in [6.07, 6.45) is 5.08. The minimum Gasteiger partial charge on any atom is -0.408 e. The van der Waals surface area contributed by atoms with Crippen molar-refractivity contribution in [1.82, 2.24) is 0 Å². The Hall–Kier alpha value is -1.41. The lowest BCUT2D eigenvalue weighted by Gasteiger charge is -2.38. The first-order valence-corrected chi connectivity index (χ1v) is 12.3. The first-order valence-electron chi connectivity index (χ1n) is 9.35. The fourth-order valence-electron chi connectivity index (χ4n) is 2.55. The van der Waals surface area contributed by atoms with Gasteiger partial charge in [-0.2, -0.15) is 0 Å². The van der Waals surface area contributed by atoms with Crippen LogP contribution in [0.5, 0.6) is 0 Å². The number of hydrogen-bond acceptors (Lipinski definition) is 3. The fourth-order valence-corrected chi connectivity index (χ4v) is 3.79. The van der Waals surface area contributed by atoms with Crippen LogP contribution in [0.1, 0.15) is 47.5 Å². The van der Waals surface area contributed by atoms with Crippen LogP contribution in [0.15, 0.2) is 35.5 Å². The van der Waals surface area contributed by atoms with Crippen molar-refractivity contribution in [2.24, 2.45) is 0 Å². The van der Waals surface area contributed by atoms with Crippen molar-refractivity contribution in [1.29, 1.82) is 0 Å². The number of Topliss-reactive ketones (excluding diaryl/α,β-unsaturated/α-hetero) is 1. The molecule has 4 heteroatoms. The molecule has 0 aromatic carbocycles. The number of ether oxygens (including phenoxy) is 1. The molecule has 1 heterocycles. The Kier molecular flexibility index (Phi) is 6.17. The van der Waals surface area contributed by atoms with Crippen LogP contribution in [-0.4, -0.2) is 32.4 Å². The number of carbonyl (C=O) groups is 1. The largest absolute Gasteiger partial charge is 0.408 e. The molecule has 0 aromatic heterocycles. The van der Waals surface area contributed by atoms with Crippen LogP contribution in [0, 0.1) is 11.8 Å². The summed E-state index contributed by atoms with van der Waals surface area (Å²) < 4.78 is 12.0. The molecule has 0 unspecified atom stereocenters. The Bertz CT molecular complexity index is 706. The van der Waals surface area contributed by atoms with E-state index in [1.54, 1.807) is 0 Å². The fraction of sp³-hybridized carbons (Fsp3) is 0.591. The lowest BCUT2D eigenvalue weighted by atomic mass is 9.96. The van der Waals surface area contributed by atoms with Crippen LogP contribution in [0.2, 0.25) is 18.1 Å². The zero-order valence-corrected chi connectivity index (χ0v) is 18.2. The van der Waals surface area contributed by atoms with Gasteiger partial charge in [-0.1, -0.05) is 50.8 Å². The maximum atomic E-state index is 12.4. The molecule has 1 fully saturated rings. The summed E-state index contributed by atoms with van der Waals surface area (Å²) in [4.78, 5) is 12.4. The monoisotopic (exact) mass is 372 g/mol. The molecule has 142 valence electrons. The molecule has 0 N–H and O–H groups in total. The first kappa shape index (κ1) is 20.9. The molecule has 0 amide bonds. The molecule has 3 nitrogen and oxygen atoms in total. The maximum absolute atomic E-state index is 12.4. The van der Waals surface area contributed by atoms with Crippen molar-refractivity contribution in [3.63, 3.8) is 0 Å². The average molecular weight is 373 g/mol. The smallest absolute Gasteiger partial charge is 0.202 e. The van der Waals surface area contributed by atoms with E-state index in [0.717, 1.165) is 18.4 Å². The Labute approximate surface area is 159 Å². The van der Waals surface area contributed by atoms with Crippen LogP contribution in [0.25, 0.3) is 0 Å². The van der Waals surface area contributed by atoms with Gasteiger partial charge >= 0.3 is 0 Å². The number of rotatable bonds is 5. The highest BCUT2D eigenvalue weighted by Crippen LogP contribution is 2.42. The third-order valence-electron chi connectivity index (χ3n) is 5.31. The van der Waals surface area contributed by atoms with E-state index in [2.05, 4.69) is 72.2 Å². The summed E-state index contributed by atoms with van der Waals surface area (Å²) in [5.74, 6) is 6.05. The summed E-state index contributed by atoms with van der Waals surface area (Å²) in [5.41, 5.74) is 2.64. The molecular weight excluding hydrogens is 340 g/mol. The van der Waals surface area contributed by atoms with Crippen molar-refractivity contribution in [3.05, 3.63) is 35.5 Å². The van der Waals surface area contributed by atoms with Crippen LogP contribution in [-0.2, 0) is 14.0 Å². The summed E-state index contributed by atoms with van der Waals surface area (Å²) in [6, 6.07) is 0. The summed E-state index contributed by atoms with van der Waals surface area (Å²) in [5, 5.41) is 0.109. The number of hydrogen-bond donors (Lipinski definition) is 0. The third kappa shape index (κ3) is 5.06. The summed E-state index contributed by atoms with van der Waals surface area (Å²) >= 11 is 0. The summed E-state index contributed by atoms with van der Waals surface area (Å²) in [7, 11) is -1.94. The predicted octanol–water partition coefficient (Wildman–Crippen LogP) is 4.96. The van der Waals surface area contributed by atoms with Crippen molar-refractivity contribution in [3.8, 4) is 11.8 Å². The molecule has 0 bridgehead atoms. The highest BCUT2D eigenvalue weighted by atomic mass is 28.4. The van der Waals surface area contributed by atoms with Gasteiger partial charge in [0, 0.05) is 0 Å². The van der Waals surface area contributed by atoms with E-state index in [0.29, 0.717) is 5.57 Å². The Morgan fingerprint density at radius 2 is 2.04 bits per heavy atom. The number of allylic oxidation sites excluding steroid dienone is 3. The van der Waals surface area contributed by atoms with Crippen molar-refractivity contribution in [2.75, 3.05) is 0 Å². The second-order valence-electron chi connectivity index (χ2n) is 8.98. The van der Waals surface area contributed by atoms with Crippen LogP contribution >= 0.6 is 0 Å². The van der Waals surface area contributed by atoms with Gasteiger partial charge in [0.25, 0.3) is 0 Å². The van der Waals surface area contributed by atoms with E-state index in [9.17, 15) is 4.79 Å². The lowest BCUT2D eigenvalue weighted by molar-refractivity contribution is -0.116. The second-order valence-corrected chi connectivity index (χ2v) is 13.7. The molecule has 3 atom stereocenters. The van der Waals surface area contributed by atoms with E-state index < -0.39 is 8.32 Å². The number of fused-ring (bicyclic) bond motifs is 1. The summed E-state index contributed by atoms with van der Waals surface area (Å²) in [6.45, 7) is 19.2. The first-order chi connectivity index (χ1) is 11.9. The number of epoxide rings is 1. The Morgan fingerprint density at radius 1 is 1.38 bits per heavy atom. The molecule has 0 radical (unpaired) electrons. The topological polar surface area (TPSA) is 38.8 Å². The quantitative estimate of drug-likeness (QED) is 0.296. The van der Waals surface area contributed by atoms with Gasteiger partial charge in [0.1, 0.15) is 6.10 Å². The van der Waals surface area contributed by atoms with Crippen molar-refractivity contribution >= 4 is 14.1 Å². The van der Waals surface area contributed by atoms with Crippen molar-refractivity contribution in [2.45, 2.75) is 83.9 Å². The van der Waals surface area contributed by atoms with E-state index in [1.165, 1.54) is 5.57 Å². The van der Waals surface area contributed by atoms with E-state index >= 15 is 0 Å². The van der Waals surface area contributed by atoms with Crippen LogP contribution in [0.3, 0.4) is 0 Å². The number of ketones is 1. The predicted molar refractivity (Wildman–Crippen MR) is 109 cm³/mol. The molecule has 26 heavy (non-hydrogen) atoms. The minimum absolute atomic E-state index is 0.0188. The maximum Gasteiger partial charge on any atom is 0.202 e. The molecule has 1 saturated heterocycles. The van der Waals surface area contributed by atoms with Gasteiger partial charge in [-0.25, -0.2) is 0 Å². The minimum atomic E-state index is -1.94. The Balaban J connectivity index is 2.10. The highest BCUT2D eigenvalue weighted by molar-refractivity contribution is 6.74. The molecule has 1 aliphatic heterocycles. The SMILES string of the molecule is C=C(C#CC1=C[C@H](O[Si](C)(C)C(C)(C)C)[C@H]2O[C@H]2C1=O)CCC=C(C)C. The van der Waals surface area contributed by atoms with Gasteiger partial charge in [-0.3, -0.25) is 4.79 Å². The zero-order chi connectivity index (χ0) is 19.7. The van der Waals surface area contributed by atoms with E-state index in [4.69, 9.17) is 9.16 Å². The van der Waals surface area contributed by atoms with Gasteiger partial charge in [-0.15, -0.1) is 0 Å². The van der Waals surface area contributed by atoms with E-state index in [1.807, 2.05) is 6.08 Å². The molecule has 1 aliphatic carbocycles. The number of carbonyl (C=O) groups excluding carboxylic acids is 1. The Morgan fingerprint density at radius 3 is 2.62 bits per heavy atom. The van der Waals surface area contributed by atoms with Crippen molar-refractivity contribution < 1.29 is 14.0 Å². The molecule has 0 aromatic rings. The van der Waals surface area contributed by atoms with Gasteiger partial charge < -0.3 is 9.16 Å². The molecule has 2 aliphatic rings. The molecule has 0 spiro atoms. The zero-order valence-electron chi connectivity index (χ0n) is 17.2. The molecule has 0 saturated carbocycles. The van der Waals surface area contributed by atoms with Crippen LogP contribution < -0.4 is 0 Å². The normalized spacial score (nSPS) is 24.8. The average Bonchev–Trinajstić information content (AvgIpc) is 3.28. The van der Waals surface area contributed by atoms with Gasteiger partial charge in [0.15, 0.2) is 14.4 Å². The lowest BCUT2D eigenvalue weighted by Crippen LogP contribution is -2.46. The molecular formula is C22H32O3Si. The third-order valence-corrected chi connectivity index (χ3v) is 9.79. The van der Waals surface area contributed by atoms with Gasteiger partial charge in [0.2, 0.25) is 5.78 Å². The van der Waals surface area contributed by atoms with Crippen LogP contribution in [0.4, 0.5) is 0 Å².